The molecule has 0 unspecified atom stereocenters. The van der Waals surface area contributed by atoms with Gasteiger partial charge in [-0.1, -0.05) is 43.7 Å². The van der Waals surface area contributed by atoms with Gasteiger partial charge >= 0.3 is 0 Å². The Morgan fingerprint density at radius 3 is 2.48 bits per heavy atom. The van der Waals surface area contributed by atoms with Gasteiger partial charge in [0.25, 0.3) is 0 Å². The molecule has 1 aliphatic heterocycles. The van der Waals surface area contributed by atoms with Gasteiger partial charge in [-0.25, -0.2) is 16.8 Å². The molecule has 0 saturated carbocycles. The van der Waals surface area contributed by atoms with Crippen molar-refractivity contribution < 1.29 is 16.8 Å². The highest BCUT2D eigenvalue weighted by Crippen LogP contribution is 2.27. The zero-order valence-electron chi connectivity index (χ0n) is 14.3. The Balaban J connectivity index is 1.99. The average molecular weight is 382 g/mol. The Hall–Kier alpha value is -1.44. The second kappa shape index (κ2) is 7.05. The smallest absolute Gasteiger partial charge is 0.229 e. The minimum absolute atomic E-state index is 0.0630. The van der Waals surface area contributed by atoms with Crippen LogP contribution in [-0.4, -0.2) is 45.2 Å². The third-order valence-corrected chi connectivity index (χ3v) is 8.37. The molecule has 2 aromatic carbocycles. The molecule has 1 atom stereocenters. The van der Waals surface area contributed by atoms with Crippen LogP contribution in [0.25, 0.3) is 10.8 Å². The second-order valence-corrected chi connectivity index (χ2v) is 10.7. The average Bonchev–Trinajstić information content (AvgIpc) is 2.94. The molecular weight excluding hydrogens is 358 g/mol. The molecule has 25 heavy (non-hydrogen) atoms. The van der Waals surface area contributed by atoms with Crippen molar-refractivity contribution in [2.75, 3.05) is 18.1 Å². The van der Waals surface area contributed by atoms with E-state index in [-0.39, 0.29) is 16.4 Å². The monoisotopic (exact) mass is 381 g/mol. The second-order valence-electron chi connectivity index (χ2n) is 6.54. The molecular formula is C18H23NO4S2. The molecule has 0 radical (unpaired) electrons. The number of hydrogen-bond donors (Lipinski definition) is 0. The summed E-state index contributed by atoms with van der Waals surface area (Å²) in [5, 5.41) is 1.84. The Bertz CT molecular complexity index is 967. The summed E-state index contributed by atoms with van der Waals surface area (Å²) >= 11 is 0. The molecule has 1 saturated heterocycles. The van der Waals surface area contributed by atoms with Crippen LogP contribution < -0.4 is 0 Å². The summed E-state index contributed by atoms with van der Waals surface area (Å²) in [5.41, 5.74) is 0. The fourth-order valence-electron chi connectivity index (χ4n) is 3.28. The molecule has 0 aromatic heterocycles. The van der Waals surface area contributed by atoms with E-state index in [9.17, 15) is 16.8 Å². The summed E-state index contributed by atoms with van der Waals surface area (Å²) < 4.78 is 51.5. The van der Waals surface area contributed by atoms with Gasteiger partial charge < -0.3 is 0 Å². The summed E-state index contributed by atoms with van der Waals surface area (Å²) in [7, 11) is -6.88. The topological polar surface area (TPSA) is 71.5 Å². The van der Waals surface area contributed by atoms with E-state index in [4.69, 9.17) is 0 Å². The van der Waals surface area contributed by atoms with Gasteiger partial charge in [0.05, 0.1) is 16.4 Å². The summed E-state index contributed by atoms with van der Waals surface area (Å²) in [6, 6.07) is 12.2. The highest BCUT2D eigenvalue weighted by molar-refractivity contribution is 7.92. The molecule has 1 fully saturated rings. The molecule has 0 amide bonds. The maximum absolute atomic E-state index is 13.2. The highest BCUT2D eigenvalue weighted by Gasteiger charge is 2.38. The fraction of sp³-hybridized carbons (Fsp3) is 0.444. The van der Waals surface area contributed by atoms with E-state index < -0.39 is 25.9 Å². The zero-order chi connectivity index (χ0) is 18.1. The summed E-state index contributed by atoms with van der Waals surface area (Å²) in [5.74, 6) is -0.0168. The van der Waals surface area contributed by atoms with Crippen LogP contribution in [0.3, 0.4) is 0 Å². The summed E-state index contributed by atoms with van der Waals surface area (Å²) in [4.78, 5) is 0.228. The van der Waals surface area contributed by atoms with E-state index in [0.29, 0.717) is 19.4 Å². The van der Waals surface area contributed by atoms with Crippen molar-refractivity contribution in [3.05, 3.63) is 42.5 Å². The molecule has 0 N–H and O–H groups in total. The fourth-order valence-corrected chi connectivity index (χ4v) is 6.83. The molecule has 0 bridgehead atoms. The normalized spacial score (nSPS) is 20.3. The molecule has 0 aliphatic carbocycles. The van der Waals surface area contributed by atoms with Crippen molar-refractivity contribution in [3.8, 4) is 0 Å². The summed E-state index contributed by atoms with van der Waals surface area (Å²) in [6.07, 6.45) is 1.94. The number of benzene rings is 2. The SMILES string of the molecule is CCCCN([C@@H]1CCS(=O)(=O)C1)S(=O)(=O)c1ccc2ccccc2c1. The zero-order valence-corrected chi connectivity index (χ0v) is 15.9. The Morgan fingerprint density at radius 2 is 1.84 bits per heavy atom. The molecule has 3 rings (SSSR count). The van der Waals surface area contributed by atoms with Crippen molar-refractivity contribution in [2.24, 2.45) is 0 Å². The van der Waals surface area contributed by atoms with E-state index in [1.54, 1.807) is 18.2 Å². The van der Waals surface area contributed by atoms with Crippen LogP contribution in [0.4, 0.5) is 0 Å². The van der Waals surface area contributed by atoms with Crippen LogP contribution >= 0.6 is 0 Å². The standard InChI is InChI=1S/C18H23NO4S2/c1-2-3-11-19(17-10-12-24(20,21)14-17)25(22,23)18-9-8-15-6-4-5-7-16(15)13-18/h4-9,13,17H,2-3,10-12,14H2,1H3/t17-/m1/s1. The summed E-state index contributed by atoms with van der Waals surface area (Å²) in [6.45, 7) is 2.35. The van der Waals surface area contributed by atoms with Crippen LogP contribution in [-0.2, 0) is 19.9 Å². The van der Waals surface area contributed by atoms with Gasteiger partial charge in [-0.15, -0.1) is 0 Å². The Morgan fingerprint density at radius 1 is 1.12 bits per heavy atom. The number of rotatable bonds is 6. The van der Waals surface area contributed by atoms with Crippen molar-refractivity contribution >= 4 is 30.6 Å². The first-order valence-corrected chi connectivity index (χ1v) is 11.8. The third kappa shape index (κ3) is 3.88. The number of hydrogen-bond acceptors (Lipinski definition) is 4. The van der Waals surface area contributed by atoms with Gasteiger partial charge in [-0.3, -0.25) is 0 Å². The predicted octanol–water partition coefficient (Wildman–Crippen LogP) is 2.82. The first-order chi connectivity index (χ1) is 11.8. The maximum atomic E-state index is 13.2. The number of sulfonamides is 1. The number of unbranched alkanes of at least 4 members (excludes halogenated alkanes) is 1. The highest BCUT2D eigenvalue weighted by atomic mass is 32.2. The van der Waals surface area contributed by atoms with Gasteiger partial charge in [-0.2, -0.15) is 4.31 Å². The lowest BCUT2D eigenvalue weighted by atomic mass is 10.1. The minimum Gasteiger partial charge on any atom is -0.229 e. The predicted molar refractivity (Wildman–Crippen MR) is 99.8 cm³/mol. The molecule has 5 nitrogen and oxygen atoms in total. The maximum Gasteiger partial charge on any atom is 0.243 e. The van der Waals surface area contributed by atoms with Crippen molar-refractivity contribution in [2.45, 2.75) is 37.1 Å². The van der Waals surface area contributed by atoms with Gasteiger partial charge in [-0.05, 0) is 35.7 Å². The minimum atomic E-state index is -3.73. The molecule has 1 heterocycles. The largest absolute Gasteiger partial charge is 0.243 e. The number of sulfone groups is 1. The Labute approximate surface area is 149 Å². The Kier molecular flexibility index (Phi) is 5.18. The van der Waals surface area contributed by atoms with Crippen LogP contribution in [0.2, 0.25) is 0 Å². The van der Waals surface area contributed by atoms with Gasteiger partial charge in [0.1, 0.15) is 0 Å². The quantitative estimate of drug-likeness (QED) is 0.771. The first kappa shape index (κ1) is 18.4. The number of nitrogens with zero attached hydrogens (tertiary/aromatic N) is 1. The lowest BCUT2D eigenvalue weighted by molar-refractivity contribution is 0.335. The molecule has 0 spiro atoms. The van der Waals surface area contributed by atoms with E-state index in [0.717, 1.165) is 17.2 Å². The number of fused-ring (bicyclic) bond motifs is 1. The van der Waals surface area contributed by atoms with Crippen molar-refractivity contribution in [1.29, 1.82) is 0 Å². The third-order valence-electron chi connectivity index (χ3n) is 4.68. The van der Waals surface area contributed by atoms with Gasteiger partial charge in [0.2, 0.25) is 10.0 Å². The van der Waals surface area contributed by atoms with Crippen LogP contribution in [0.5, 0.6) is 0 Å². The van der Waals surface area contributed by atoms with E-state index in [2.05, 4.69) is 0 Å². The van der Waals surface area contributed by atoms with Gasteiger partial charge in [0.15, 0.2) is 9.84 Å². The molecule has 1 aliphatic rings. The van der Waals surface area contributed by atoms with E-state index in [1.807, 2.05) is 31.2 Å². The van der Waals surface area contributed by atoms with Crippen LogP contribution in [0, 0.1) is 0 Å². The van der Waals surface area contributed by atoms with Gasteiger partial charge in [0, 0.05) is 12.6 Å². The lowest BCUT2D eigenvalue weighted by Gasteiger charge is -2.27. The van der Waals surface area contributed by atoms with E-state index >= 15 is 0 Å². The lowest BCUT2D eigenvalue weighted by Crippen LogP contribution is -2.41. The molecule has 136 valence electrons. The van der Waals surface area contributed by atoms with Crippen molar-refractivity contribution in [3.63, 3.8) is 0 Å². The van der Waals surface area contributed by atoms with Crippen LogP contribution in [0.15, 0.2) is 47.4 Å². The van der Waals surface area contributed by atoms with Crippen molar-refractivity contribution in [1.82, 2.24) is 4.31 Å². The van der Waals surface area contributed by atoms with Crippen LogP contribution in [0.1, 0.15) is 26.2 Å². The molecule has 2 aromatic rings. The van der Waals surface area contributed by atoms with E-state index in [1.165, 1.54) is 4.31 Å². The molecule has 7 heteroatoms. The first-order valence-electron chi connectivity index (χ1n) is 8.54.